The minimum absolute atomic E-state index is 0. The van der Waals surface area contributed by atoms with Gasteiger partial charge in [0, 0.05) is 18.7 Å². The van der Waals surface area contributed by atoms with E-state index in [4.69, 9.17) is 5.73 Å². The van der Waals surface area contributed by atoms with E-state index in [2.05, 4.69) is 29.2 Å². The summed E-state index contributed by atoms with van der Waals surface area (Å²) in [5, 5.41) is 0. The Bertz CT molecular complexity index is 642. The first-order chi connectivity index (χ1) is 11.3. The Labute approximate surface area is 150 Å². The van der Waals surface area contributed by atoms with Crippen molar-refractivity contribution in [3.63, 3.8) is 0 Å². The van der Waals surface area contributed by atoms with E-state index in [1.54, 1.807) is 0 Å². The molecule has 1 fully saturated rings. The fourth-order valence-corrected chi connectivity index (χ4v) is 3.32. The van der Waals surface area contributed by atoms with Crippen molar-refractivity contribution in [2.75, 3.05) is 6.54 Å². The fraction of sp³-hybridized carbons (Fsp3) is 0.350. The molecule has 0 saturated carbocycles. The predicted molar refractivity (Wildman–Crippen MR) is 100 cm³/mol. The average molecular weight is 345 g/mol. The lowest BCUT2D eigenvalue weighted by Crippen LogP contribution is -2.34. The highest BCUT2D eigenvalue weighted by atomic mass is 35.5. The highest BCUT2D eigenvalue weighted by molar-refractivity contribution is 5.94. The quantitative estimate of drug-likeness (QED) is 0.901. The van der Waals surface area contributed by atoms with Gasteiger partial charge in [0.1, 0.15) is 0 Å². The molecule has 4 heteroatoms. The summed E-state index contributed by atoms with van der Waals surface area (Å²) < 4.78 is 0. The number of likely N-dealkylation sites (tertiary alicyclic amines) is 1. The van der Waals surface area contributed by atoms with E-state index in [1.165, 1.54) is 18.4 Å². The van der Waals surface area contributed by atoms with Gasteiger partial charge >= 0.3 is 0 Å². The van der Waals surface area contributed by atoms with Gasteiger partial charge in [-0.05, 0) is 36.1 Å². The molecule has 1 aliphatic rings. The van der Waals surface area contributed by atoms with Crippen LogP contribution in [0.1, 0.15) is 53.2 Å². The first-order valence-electron chi connectivity index (χ1n) is 8.44. The molecular formula is C20H25ClN2O. The third kappa shape index (κ3) is 4.16. The summed E-state index contributed by atoms with van der Waals surface area (Å²) in [5.74, 6) is 0.129. The third-order valence-electron chi connectivity index (χ3n) is 4.63. The first kappa shape index (κ1) is 18.5. The van der Waals surface area contributed by atoms with Gasteiger partial charge in [-0.25, -0.2) is 0 Å². The Hall–Kier alpha value is -1.84. The van der Waals surface area contributed by atoms with Crippen LogP contribution in [0.5, 0.6) is 0 Å². The standard InChI is InChI=1S/C20H24N2O.ClH/c21-15-16-10-12-18(13-11-16)20(23)22-14-6-2-5-9-19(22)17-7-3-1-4-8-17;/h1,3-4,7-8,10-13,19H,2,5-6,9,14-15,21H2;1H. The second kappa shape index (κ2) is 8.86. The van der Waals surface area contributed by atoms with Gasteiger partial charge in [0.15, 0.2) is 0 Å². The second-order valence-electron chi connectivity index (χ2n) is 6.18. The van der Waals surface area contributed by atoms with Crippen molar-refractivity contribution >= 4 is 18.3 Å². The van der Waals surface area contributed by atoms with Crippen LogP contribution in [0.25, 0.3) is 0 Å². The van der Waals surface area contributed by atoms with Crippen LogP contribution in [-0.2, 0) is 6.54 Å². The molecule has 0 radical (unpaired) electrons. The van der Waals surface area contributed by atoms with Crippen LogP contribution in [0.2, 0.25) is 0 Å². The van der Waals surface area contributed by atoms with Crippen molar-refractivity contribution in [2.24, 2.45) is 5.73 Å². The zero-order chi connectivity index (χ0) is 16.1. The molecule has 128 valence electrons. The zero-order valence-corrected chi connectivity index (χ0v) is 14.7. The summed E-state index contributed by atoms with van der Waals surface area (Å²) in [6.07, 6.45) is 4.49. The van der Waals surface area contributed by atoms with Crippen LogP contribution in [0.4, 0.5) is 0 Å². The molecule has 1 unspecified atom stereocenters. The van der Waals surface area contributed by atoms with Gasteiger partial charge < -0.3 is 10.6 Å². The molecule has 24 heavy (non-hydrogen) atoms. The van der Waals surface area contributed by atoms with Crippen molar-refractivity contribution < 1.29 is 4.79 Å². The lowest BCUT2D eigenvalue weighted by Gasteiger charge is -2.30. The average Bonchev–Trinajstić information content (AvgIpc) is 2.88. The van der Waals surface area contributed by atoms with Gasteiger partial charge in [-0.2, -0.15) is 0 Å². The van der Waals surface area contributed by atoms with E-state index in [9.17, 15) is 4.79 Å². The molecule has 3 nitrogen and oxygen atoms in total. The van der Waals surface area contributed by atoms with Crippen molar-refractivity contribution in [3.8, 4) is 0 Å². The van der Waals surface area contributed by atoms with Crippen LogP contribution < -0.4 is 5.73 Å². The minimum atomic E-state index is 0. The van der Waals surface area contributed by atoms with Crippen LogP contribution in [0.3, 0.4) is 0 Å². The Balaban J connectivity index is 0.00000208. The third-order valence-corrected chi connectivity index (χ3v) is 4.63. The Morgan fingerprint density at radius 3 is 2.38 bits per heavy atom. The molecule has 0 aromatic heterocycles. The number of nitrogens with two attached hydrogens (primary N) is 1. The maximum absolute atomic E-state index is 13.0. The van der Waals surface area contributed by atoms with Gasteiger partial charge in [0.2, 0.25) is 0 Å². The molecule has 2 aromatic carbocycles. The van der Waals surface area contributed by atoms with E-state index < -0.39 is 0 Å². The van der Waals surface area contributed by atoms with E-state index in [1.807, 2.05) is 30.3 Å². The van der Waals surface area contributed by atoms with Crippen LogP contribution in [-0.4, -0.2) is 17.4 Å². The molecule has 1 amide bonds. The highest BCUT2D eigenvalue weighted by Crippen LogP contribution is 2.31. The largest absolute Gasteiger partial charge is 0.332 e. The van der Waals surface area contributed by atoms with Crippen molar-refractivity contribution in [2.45, 2.75) is 38.3 Å². The number of hydrogen-bond donors (Lipinski definition) is 1. The molecule has 0 aliphatic carbocycles. The van der Waals surface area contributed by atoms with Crippen molar-refractivity contribution in [1.29, 1.82) is 0 Å². The number of hydrogen-bond acceptors (Lipinski definition) is 2. The molecule has 1 saturated heterocycles. The maximum Gasteiger partial charge on any atom is 0.254 e. The topological polar surface area (TPSA) is 46.3 Å². The lowest BCUT2D eigenvalue weighted by molar-refractivity contribution is 0.0681. The van der Waals surface area contributed by atoms with E-state index in [0.29, 0.717) is 6.54 Å². The number of carbonyl (C=O) groups is 1. The summed E-state index contributed by atoms with van der Waals surface area (Å²) in [5.41, 5.74) is 8.69. The predicted octanol–water partition coefficient (Wildman–Crippen LogP) is 4.32. The number of amides is 1. The van der Waals surface area contributed by atoms with Crippen LogP contribution in [0.15, 0.2) is 54.6 Å². The van der Waals surface area contributed by atoms with Crippen molar-refractivity contribution in [1.82, 2.24) is 4.90 Å². The number of nitrogens with zero attached hydrogens (tertiary/aromatic N) is 1. The second-order valence-corrected chi connectivity index (χ2v) is 6.18. The molecular weight excluding hydrogens is 320 g/mol. The Morgan fingerprint density at radius 2 is 1.71 bits per heavy atom. The Kier molecular flexibility index (Phi) is 6.83. The SMILES string of the molecule is Cl.NCc1ccc(C(=O)N2CCCCCC2c2ccccc2)cc1. The van der Waals surface area contributed by atoms with Gasteiger partial charge in [-0.1, -0.05) is 55.3 Å². The molecule has 0 spiro atoms. The molecule has 0 bridgehead atoms. The molecule has 1 atom stereocenters. The number of carbonyl (C=O) groups excluding carboxylic acids is 1. The normalized spacial score (nSPS) is 17.7. The van der Waals surface area contributed by atoms with E-state index in [-0.39, 0.29) is 24.4 Å². The summed E-state index contributed by atoms with van der Waals surface area (Å²) in [4.78, 5) is 15.1. The molecule has 2 N–H and O–H groups in total. The summed E-state index contributed by atoms with van der Waals surface area (Å²) >= 11 is 0. The smallest absolute Gasteiger partial charge is 0.254 e. The monoisotopic (exact) mass is 344 g/mol. The van der Waals surface area contributed by atoms with Crippen LogP contribution >= 0.6 is 12.4 Å². The molecule has 1 aliphatic heterocycles. The van der Waals surface area contributed by atoms with Gasteiger partial charge in [-0.3, -0.25) is 4.79 Å². The first-order valence-corrected chi connectivity index (χ1v) is 8.44. The van der Waals surface area contributed by atoms with Crippen LogP contribution in [0, 0.1) is 0 Å². The fourth-order valence-electron chi connectivity index (χ4n) is 3.32. The summed E-state index contributed by atoms with van der Waals surface area (Å²) in [7, 11) is 0. The van der Waals surface area contributed by atoms with E-state index in [0.717, 1.165) is 30.5 Å². The zero-order valence-electron chi connectivity index (χ0n) is 13.9. The molecule has 1 heterocycles. The lowest BCUT2D eigenvalue weighted by atomic mass is 10.00. The molecule has 3 rings (SSSR count). The summed E-state index contributed by atoms with van der Waals surface area (Å²) in [6, 6.07) is 18.3. The maximum atomic E-state index is 13.0. The number of benzene rings is 2. The summed E-state index contributed by atoms with van der Waals surface area (Å²) in [6.45, 7) is 1.34. The van der Waals surface area contributed by atoms with Gasteiger partial charge in [0.25, 0.3) is 5.91 Å². The number of halogens is 1. The van der Waals surface area contributed by atoms with Gasteiger partial charge in [0.05, 0.1) is 6.04 Å². The minimum Gasteiger partial charge on any atom is -0.332 e. The Morgan fingerprint density at radius 1 is 1.00 bits per heavy atom. The number of rotatable bonds is 3. The van der Waals surface area contributed by atoms with Gasteiger partial charge in [-0.15, -0.1) is 12.4 Å². The molecule has 2 aromatic rings. The van der Waals surface area contributed by atoms with Crippen molar-refractivity contribution in [3.05, 3.63) is 71.3 Å². The van der Waals surface area contributed by atoms with E-state index >= 15 is 0 Å². The highest BCUT2D eigenvalue weighted by Gasteiger charge is 2.27.